The van der Waals surface area contributed by atoms with Crippen LogP contribution >= 0.6 is 0 Å². The standard InChI is InChI=1S/C11H19N3/c1-2-14-10-6-3-5-9(10)13-11(14)7-4-8-12/h2-8,12H2,1H3. The van der Waals surface area contributed by atoms with Crippen molar-refractivity contribution in [1.29, 1.82) is 0 Å². The SMILES string of the molecule is CCn1c(CCCN)nc2c1CCC2. The molecule has 0 fully saturated rings. The summed E-state index contributed by atoms with van der Waals surface area (Å²) >= 11 is 0. The van der Waals surface area contributed by atoms with E-state index in [0.717, 1.165) is 25.9 Å². The second-order valence-electron chi connectivity index (χ2n) is 3.91. The maximum Gasteiger partial charge on any atom is 0.109 e. The van der Waals surface area contributed by atoms with Crippen LogP contribution in [0.3, 0.4) is 0 Å². The third-order valence-electron chi connectivity index (χ3n) is 2.98. The van der Waals surface area contributed by atoms with Crippen molar-refractivity contribution in [3.05, 3.63) is 17.2 Å². The summed E-state index contributed by atoms with van der Waals surface area (Å²) < 4.78 is 2.39. The Morgan fingerprint density at radius 3 is 3.00 bits per heavy atom. The molecule has 0 radical (unpaired) electrons. The zero-order valence-electron chi connectivity index (χ0n) is 8.92. The number of aryl methyl sites for hydroxylation is 2. The van der Waals surface area contributed by atoms with E-state index in [9.17, 15) is 0 Å². The molecule has 2 N–H and O–H groups in total. The number of hydrogen-bond donors (Lipinski definition) is 1. The van der Waals surface area contributed by atoms with Crippen LogP contribution in [0.2, 0.25) is 0 Å². The molecule has 0 saturated carbocycles. The molecular weight excluding hydrogens is 174 g/mol. The van der Waals surface area contributed by atoms with Crippen molar-refractivity contribution < 1.29 is 0 Å². The van der Waals surface area contributed by atoms with Crippen molar-refractivity contribution in [2.24, 2.45) is 5.73 Å². The third-order valence-corrected chi connectivity index (χ3v) is 2.98. The van der Waals surface area contributed by atoms with Crippen LogP contribution < -0.4 is 5.73 Å². The Balaban J connectivity index is 2.23. The second kappa shape index (κ2) is 4.13. The highest BCUT2D eigenvalue weighted by Crippen LogP contribution is 2.23. The van der Waals surface area contributed by atoms with Gasteiger partial charge < -0.3 is 10.3 Å². The van der Waals surface area contributed by atoms with Gasteiger partial charge >= 0.3 is 0 Å². The lowest BCUT2D eigenvalue weighted by Crippen LogP contribution is -2.08. The van der Waals surface area contributed by atoms with E-state index in [4.69, 9.17) is 10.7 Å². The summed E-state index contributed by atoms with van der Waals surface area (Å²) in [5, 5.41) is 0. The summed E-state index contributed by atoms with van der Waals surface area (Å²) in [6, 6.07) is 0. The Morgan fingerprint density at radius 2 is 2.29 bits per heavy atom. The summed E-state index contributed by atoms with van der Waals surface area (Å²) in [6.45, 7) is 4.02. The Labute approximate surface area is 85.3 Å². The van der Waals surface area contributed by atoms with Crippen LogP contribution in [0, 0.1) is 0 Å². The van der Waals surface area contributed by atoms with Crippen LogP contribution in [-0.2, 0) is 25.8 Å². The first kappa shape index (κ1) is 9.71. The maximum absolute atomic E-state index is 5.52. The van der Waals surface area contributed by atoms with Crippen molar-refractivity contribution in [1.82, 2.24) is 9.55 Å². The van der Waals surface area contributed by atoms with Crippen LogP contribution in [0.15, 0.2) is 0 Å². The van der Waals surface area contributed by atoms with Crippen molar-refractivity contribution in [3.63, 3.8) is 0 Å². The normalized spacial score (nSPS) is 14.7. The van der Waals surface area contributed by atoms with Crippen LogP contribution in [0.25, 0.3) is 0 Å². The molecule has 14 heavy (non-hydrogen) atoms. The topological polar surface area (TPSA) is 43.8 Å². The van der Waals surface area contributed by atoms with Crippen molar-refractivity contribution in [3.8, 4) is 0 Å². The molecule has 0 bridgehead atoms. The Bertz CT molecular complexity index is 315. The van der Waals surface area contributed by atoms with E-state index in [1.165, 1.54) is 36.5 Å². The van der Waals surface area contributed by atoms with Crippen molar-refractivity contribution >= 4 is 0 Å². The molecule has 1 aromatic rings. The van der Waals surface area contributed by atoms with E-state index in [1.807, 2.05) is 0 Å². The fourth-order valence-corrected chi connectivity index (χ4v) is 2.32. The van der Waals surface area contributed by atoms with Gasteiger partial charge in [-0.05, 0) is 39.2 Å². The average Bonchev–Trinajstić information content (AvgIpc) is 2.73. The molecule has 0 atom stereocenters. The molecule has 3 heteroatoms. The molecule has 0 saturated heterocycles. The number of nitrogens with zero attached hydrogens (tertiary/aromatic N) is 2. The van der Waals surface area contributed by atoms with Crippen LogP contribution in [0.5, 0.6) is 0 Å². The average molecular weight is 193 g/mol. The molecule has 0 amide bonds. The summed E-state index contributed by atoms with van der Waals surface area (Å²) in [6.07, 6.45) is 5.78. The predicted octanol–water partition coefficient (Wildman–Crippen LogP) is 1.28. The van der Waals surface area contributed by atoms with Gasteiger partial charge in [0.15, 0.2) is 0 Å². The fourth-order valence-electron chi connectivity index (χ4n) is 2.32. The molecule has 1 aliphatic carbocycles. The lowest BCUT2D eigenvalue weighted by atomic mass is 10.3. The summed E-state index contributed by atoms with van der Waals surface area (Å²) in [5.41, 5.74) is 8.35. The molecule has 0 aliphatic heterocycles. The van der Waals surface area contributed by atoms with E-state index < -0.39 is 0 Å². The molecule has 3 nitrogen and oxygen atoms in total. The molecule has 1 aliphatic rings. The molecule has 0 unspecified atom stereocenters. The zero-order chi connectivity index (χ0) is 9.97. The molecule has 2 rings (SSSR count). The minimum atomic E-state index is 0.765. The van der Waals surface area contributed by atoms with Crippen LogP contribution in [0.4, 0.5) is 0 Å². The Kier molecular flexibility index (Phi) is 2.87. The quantitative estimate of drug-likeness (QED) is 0.783. The molecule has 78 valence electrons. The van der Waals surface area contributed by atoms with Crippen LogP contribution in [-0.4, -0.2) is 16.1 Å². The van der Waals surface area contributed by atoms with E-state index in [2.05, 4.69) is 11.5 Å². The number of imidazole rings is 1. The monoisotopic (exact) mass is 193 g/mol. The van der Waals surface area contributed by atoms with Gasteiger partial charge in [-0.3, -0.25) is 0 Å². The van der Waals surface area contributed by atoms with Gasteiger partial charge in [0.25, 0.3) is 0 Å². The smallest absolute Gasteiger partial charge is 0.109 e. The lowest BCUT2D eigenvalue weighted by Gasteiger charge is -2.07. The number of fused-ring (bicyclic) bond motifs is 1. The van der Waals surface area contributed by atoms with E-state index >= 15 is 0 Å². The first-order chi connectivity index (χ1) is 6.86. The second-order valence-corrected chi connectivity index (χ2v) is 3.91. The van der Waals surface area contributed by atoms with Gasteiger partial charge in [0.2, 0.25) is 0 Å². The fraction of sp³-hybridized carbons (Fsp3) is 0.727. The van der Waals surface area contributed by atoms with Gasteiger partial charge in [-0.15, -0.1) is 0 Å². The van der Waals surface area contributed by atoms with Crippen molar-refractivity contribution in [2.75, 3.05) is 6.54 Å². The Morgan fingerprint density at radius 1 is 1.43 bits per heavy atom. The summed E-state index contributed by atoms with van der Waals surface area (Å²) in [7, 11) is 0. The zero-order valence-corrected chi connectivity index (χ0v) is 8.92. The first-order valence-corrected chi connectivity index (χ1v) is 5.64. The molecule has 0 spiro atoms. The Hall–Kier alpha value is -0.830. The molecule has 1 aromatic heterocycles. The van der Waals surface area contributed by atoms with E-state index in [0.29, 0.717) is 0 Å². The molecule has 0 aromatic carbocycles. The summed E-state index contributed by atoms with van der Waals surface area (Å²) in [4.78, 5) is 4.71. The maximum atomic E-state index is 5.52. The van der Waals surface area contributed by atoms with E-state index in [1.54, 1.807) is 0 Å². The summed E-state index contributed by atoms with van der Waals surface area (Å²) in [5.74, 6) is 1.25. The number of rotatable bonds is 4. The largest absolute Gasteiger partial charge is 0.332 e. The van der Waals surface area contributed by atoms with Gasteiger partial charge in [-0.25, -0.2) is 4.98 Å². The minimum Gasteiger partial charge on any atom is -0.332 e. The van der Waals surface area contributed by atoms with Gasteiger partial charge in [-0.1, -0.05) is 0 Å². The predicted molar refractivity (Wildman–Crippen MR) is 57.3 cm³/mol. The molecular formula is C11H19N3. The molecule has 1 heterocycles. The van der Waals surface area contributed by atoms with Gasteiger partial charge in [-0.2, -0.15) is 0 Å². The van der Waals surface area contributed by atoms with Gasteiger partial charge in [0, 0.05) is 18.7 Å². The van der Waals surface area contributed by atoms with Crippen molar-refractivity contribution in [2.45, 2.75) is 45.6 Å². The number of nitrogens with two attached hydrogens (primary N) is 1. The highest BCUT2D eigenvalue weighted by Gasteiger charge is 2.19. The number of hydrogen-bond acceptors (Lipinski definition) is 2. The van der Waals surface area contributed by atoms with E-state index in [-0.39, 0.29) is 0 Å². The van der Waals surface area contributed by atoms with Gasteiger partial charge in [0.1, 0.15) is 5.82 Å². The van der Waals surface area contributed by atoms with Crippen LogP contribution in [0.1, 0.15) is 37.0 Å². The lowest BCUT2D eigenvalue weighted by molar-refractivity contribution is 0.640. The van der Waals surface area contributed by atoms with Gasteiger partial charge in [0.05, 0.1) is 5.69 Å². The highest BCUT2D eigenvalue weighted by atomic mass is 15.1. The highest BCUT2D eigenvalue weighted by molar-refractivity contribution is 5.22. The third kappa shape index (κ3) is 1.57. The first-order valence-electron chi connectivity index (χ1n) is 5.64. The number of aromatic nitrogens is 2. The minimum absolute atomic E-state index is 0.765.